The van der Waals surface area contributed by atoms with Gasteiger partial charge in [-0.25, -0.2) is 0 Å². The molecule has 1 aliphatic heterocycles. The summed E-state index contributed by atoms with van der Waals surface area (Å²) in [7, 11) is 6.39. The summed E-state index contributed by atoms with van der Waals surface area (Å²) in [5, 5.41) is 6.41. The number of methoxy groups -OCH3 is 3. The quantitative estimate of drug-likeness (QED) is 0.270. The van der Waals surface area contributed by atoms with Gasteiger partial charge in [-0.3, -0.25) is 19.5 Å². The van der Waals surface area contributed by atoms with Crippen molar-refractivity contribution < 1.29 is 23.8 Å². The Morgan fingerprint density at radius 1 is 1.00 bits per heavy atom. The lowest BCUT2D eigenvalue weighted by molar-refractivity contribution is -0.140. The van der Waals surface area contributed by atoms with Gasteiger partial charge in [-0.1, -0.05) is 12.2 Å². The first-order valence-corrected chi connectivity index (χ1v) is 10.8. The molecule has 32 heavy (non-hydrogen) atoms. The van der Waals surface area contributed by atoms with Gasteiger partial charge >= 0.3 is 0 Å². The lowest BCUT2D eigenvalue weighted by Crippen LogP contribution is -2.43. The van der Waals surface area contributed by atoms with Crippen LogP contribution in [0.2, 0.25) is 0 Å². The fraction of sp³-hybridized carbons (Fsp3) is 0.522. The van der Waals surface area contributed by atoms with E-state index in [1.54, 1.807) is 28.4 Å². The van der Waals surface area contributed by atoms with Gasteiger partial charge in [-0.15, -0.1) is 0 Å². The van der Waals surface area contributed by atoms with Crippen LogP contribution in [0, 0.1) is 23.7 Å². The molecule has 1 saturated heterocycles. The fourth-order valence-corrected chi connectivity index (χ4v) is 5.17. The van der Waals surface area contributed by atoms with Crippen LogP contribution in [0.1, 0.15) is 12.0 Å². The molecule has 1 aromatic rings. The van der Waals surface area contributed by atoms with Crippen LogP contribution in [0.3, 0.4) is 0 Å². The number of carbonyl (C=O) groups excluding carboxylic acids is 2. The van der Waals surface area contributed by atoms with E-state index in [-0.39, 0.29) is 35.5 Å². The molecule has 9 heteroatoms. The van der Waals surface area contributed by atoms with Crippen molar-refractivity contribution in [2.24, 2.45) is 28.7 Å². The SMILES string of the molecule is CN=C(NCCN1C(=O)C2C3C=CC(C3)C2C1=O)NCc1ccc(OC)c(OC)c1OC. The maximum absolute atomic E-state index is 12.8. The Hall–Kier alpha value is -3.23. The number of ether oxygens (including phenoxy) is 3. The summed E-state index contributed by atoms with van der Waals surface area (Å²) in [6.45, 7) is 1.18. The summed E-state index contributed by atoms with van der Waals surface area (Å²) < 4.78 is 16.3. The second-order valence-electron chi connectivity index (χ2n) is 8.17. The van der Waals surface area contributed by atoms with E-state index in [9.17, 15) is 9.59 Å². The number of fused-ring (bicyclic) bond motifs is 5. The van der Waals surface area contributed by atoms with Crippen LogP contribution in [-0.4, -0.2) is 64.1 Å². The molecule has 1 heterocycles. The summed E-state index contributed by atoms with van der Waals surface area (Å²) in [5.74, 6) is 2.32. The number of aliphatic imine (C=N–C) groups is 1. The Morgan fingerprint density at radius 2 is 1.66 bits per heavy atom. The van der Waals surface area contributed by atoms with Crippen molar-refractivity contribution in [2.75, 3.05) is 41.5 Å². The maximum Gasteiger partial charge on any atom is 0.233 e. The summed E-state index contributed by atoms with van der Waals surface area (Å²) in [5.41, 5.74) is 0.869. The molecule has 2 fully saturated rings. The van der Waals surface area contributed by atoms with Gasteiger partial charge in [-0.05, 0) is 30.4 Å². The van der Waals surface area contributed by atoms with Crippen LogP contribution in [0.5, 0.6) is 17.2 Å². The number of imide groups is 1. The molecule has 0 spiro atoms. The number of nitrogens with zero attached hydrogens (tertiary/aromatic N) is 2. The number of benzene rings is 1. The molecule has 172 valence electrons. The third-order valence-electron chi connectivity index (χ3n) is 6.65. The monoisotopic (exact) mass is 442 g/mol. The third kappa shape index (κ3) is 3.65. The van der Waals surface area contributed by atoms with Crippen molar-refractivity contribution in [3.8, 4) is 17.2 Å². The Balaban J connectivity index is 1.32. The number of guanidine groups is 1. The van der Waals surface area contributed by atoms with Crippen LogP contribution >= 0.6 is 0 Å². The van der Waals surface area contributed by atoms with Crippen molar-refractivity contribution in [1.29, 1.82) is 0 Å². The Bertz CT molecular complexity index is 930. The predicted octanol–water partition coefficient (Wildman–Crippen LogP) is 1.18. The van der Waals surface area contributed by atoms with E-state index in [1.165, 1.54) is 4.90 Å². The van der Waals surface area contributed by atoms with E-state index in [4.69, 9.17) is 14.2 Å². The van der Waals surface area contributed by atoms with Gasteiger partial charge in [-0.2, -0.15) is 0 Å². The molecule has 4 unspecified atom stereocenters. The van der Waals surface area contributed by atoms with Crippen molar-refractivity contribution in [3.05, 3.63) is 29.8 Å². The maximum atomic E-state index is 12.8. The minimum atomic E-state index is -0.160. The molecular weight excluding hydrogens is 412 g/mol. The number of nitrogens with one attached hydrogen (secondary N) is 2. The highest BCUT2D eigenvalue weighted by Crippen LogP contribution is 2.52. The molecule has 0 aromatic heterocycles. The van der Waals surface area contributed by atoms with E-state index in [0.717, 1.165) is 12.0 Å². The largest absolute Gasteiger partial charge is 0.493 e. The molecule has 2 N–H and O–H groups in total. The smallest absolute Gasteiger partial charge is 0.233 e. The minimum Gasteiger partial charge on any atom is -0.493 e. The zero-order valence-corrected chi connectivity index (χ0v) is 18.9. The number of hydrogen-bond acceptors (Lipinski definition) is 6. The highest BCUT2D eigenvalue weighted by Gasteiger charge is 2.58. The van der Waals surface area contributed by atoms with E-state index >= 15 is 0 Å². The molecule has 0 radical (unpaired) electrons. The number of likely N-dealkylation sites (tertiary alicyclic amines) is 1. The molecule has 3 aliphatic rings. The molecule has 1 saturated carbocycles. The highest BCUT2D eigenvalue weighted by atomic mass is 16.5. The van der Waals surface area contributed by atoms with Gasteiger partial charge < -0.3 is 24.8 Å². The standard InChI is InChI=1S/C23H30N4O5/c1-24-23(26-12-15-7-8-16(30-2)20(32-4)19(15)31-3)25-9-10-27-21(28)17-13-5-6-14(11-13)18(17)22(27)29/h5-8,13-14,17-18H,9-12H2,1-4H3,(H2,24,25,26). The summed E-state index contributed by atoms with van der Waals surface area (Å²) >= 11 is 0. The highest BCUT2D eigenvalue weighted by molar-refractivity contribution is 6.06. The van der Waals surface area contributed by atoms with Crippen LogP contribution in [-0.2, 0) is 16.1 Å². The lowest BCUT2D eigenvalue weighted by atomic mass is 9.85. The Kier molecular flexibility index (Phi) is 6.25. The number of hydrogen-bond donors (Lipinski definition) is 2. The van der Waals surface area contributed by atoms with Gasteiger partial charge in [0.25, 0.3) is 0 Å². The molecular formula is C23H30N4O5. The van der Waals surface area contributed by atoms with Crippen LogP contribution in [0.4, 0.5) is 0 Å². The topological polar surface area (TPSA) is 101 Å². The summed E-state index contributed by atoms with van der Waals surface area (Å²) in [4.78, 5) is 31.2. The number of allylic oxidation sites excluding steroid dienone is 2. The minimum absolute atomic E-state index is 0.0309. The molecule has 1 aromatic carbocycles. The van der Waals surface area contributed by atoms with Gasteiger partial charge in [0.05, 0.1) is 33.2 Å². The second-order valence-corrected chi connectivity index (χ2v) is 8.17. The van der Waals surface area contributed by atoms with Crippen LogP contribution in [0.25, 0.3) is 0 Å². The van der Waals surface area contributed by atoms with Gasteiger partial charge in [0.2, 0.25) is 17.6 Å². The second kappa shape index (κ2) is 9.10. The molecule has 2 bridgehead atoms. The molecule has 4 rings (SSSR count). The molecule has 4 atom stereocenters. The van der Waals surface area contributed by atoms with Crippen LogP contribution in [0.15, 0.2) is 29.3 Å². The first-order chi connectivity index (χ1) is 15.5. The Morgan fingerprint density at radius 3 is 2.22 bits per heavy atom. The van der Waals surface area contributed by atoms with E-state index in [1.807, 2.05) is 12.1 Å². The first-order valence-electron chi connectivity index (χ1n) is 10.8. The Labute approximate surface area is 187 Å². The van der Waals surface area contributed by atoms with Crippen molar-refractivity contribution in [2.45, 2.75) is 13.0 Å². The third-order valence-corrected chi connectivity index (χ3v) is 6.65. The van der Waals surface area contributed by atoms with Crippen molar-refractivity contribution in [3.63, 3.8) is 0 Å². The number of amides is 2. The van der Waals surface area contributed by atoms with Gasteiger partial charge in [0.1, 0.15) is 0 Å². The number of carbonyl (C=O) groups is 2. The van der Waals surface area contributed by atoms with Crippen LogP contribution < -0.4 is 24.8 Å². The lowest BCUT2D eigenvalue weighted by Gasteiger charge is -2.19. The predicted molar refractivity (Wildman–Crippen MR) is 119 cm³/mol. The zero-order chi connectivity index (χ0) is 22.8. The average molecular weight is 443 g/mol. The zero-order valence-electron chi connectivity index (χ0n) is 18.9. The van der Waals surface area contributed by atoms with E-state index < -0.39 is 0 Å². The van der Waals surface area contributed by atoms with Crippen molar-refractivity contribution >= 4 is 17.8 Å². The van der Waals surface area contributed by atoms with Gasteiger partial charge in [0.15, 0.2) is 17.5 Å². The van der Waals surface area contributed by atoms with Crippen molar-refractivity contribution in [1.82, 2.24) is 15.5 Å². The first kappa shape index (κ1) is 22.0. The molecule has 9 nitrogen and oxygen atoms in total. The average Bonchev–Trinajstić information content (AvgIpc) is 3.50. The fourth-order valence-electron chi connectivity index (χ4n) is 5.17. The molecule has 2 aliphatic carbocycles. The summed E-state index contributed by atoms with van der Waals surface area (Å²) in [6, 6.07) is 3.71. The van der Waals surface area contributed by atoms with Gasteiger partial charge in [0, 0.05) is 32.2 Å². The number of rotatable bonds is 8. The summed E-state index contributed by atoms with van der Waals surface area (Å²) in [6.07, 6.45) is 5.15. The normalized spacial score (nSPS) is 25.9. The van der Waals surface area contributed by atoms with E-state index in [2.05, 4.69) is 27.8 Å². The van der Waals surface area contributed by atoms with E-state index in [0.29, 0.717) is 42.8 Å². The molecule has 2 amide bonds.